The molecule has 0 fully saturated rings. The van der Waals surface area contributed by atoms with Gasteiger partial charge in [0.25, 0.3) is 0 Å². The number of aromatic nitrogens is 2. The van der Waals surface area contributed by atoms with Crippen LogP contribution in [0.5, 0.6) is 0 Å². The first-order valence-electron chi connectivity index (χ1n) is 2.83. The minimum atomic E-state index is 0.289. The number of hydrogen-bond donors (Lipinski definition) is 5. The third-order valence-corrected chi connectivity index (χ3v) is 1.16. The molecule has 0 atom stereocenters. The molecule has 1 aromatic rings. The molecule has 1 heterocycles. The van der Waals surface area contributed by atoms with Crippen molar-refractivity contribution < 1.29 is 0 Å². The lowest BCUT2D eigenvalue weighted by atomic mass is 10.4. The zero-order chi connectivity index (χ0) is 8.27. The molecule has 1 rings (SSSR count). The first kappa shape index (κ1) is 7.51. The van der Waals surface area contributed by atoms with E-state index < -0.39 is 0 Å². The average Bonchev–Trinajstić information content (AvgIpc) is 2.05. The zero-order valence-electron chi connectivity index (χ0n) is 5.70. The van der Waals surface area contributed by atoms with Crippen LogP contribution in [0.2, 0.25) is 0 Å². The van der Waals surface area contributed by atoms with Crippen molar-refractivity contribution in [3.8, 4) is 0 Å². The van der Waals surface area contributed by atoms with Crippen LogP contribution in [0.4, 0.5) is 17.3 Å². The van der Waals surface area contributed by atoms with Gasteiger partial charge in [0, 0.05) is 0 Å². The first-order chi connectivity index (χ1) is 5.29. The Bertz CT molecular complexity index is 224. The Balaban J connectivity index is 3.10. The topological polar surface area (TPSA) is 128 Å². The highest BCUT2D eigenvalue weighted by Crippen LogP contribution is 2.19. The summed E-state index contributed by atoms with van der Waals surface area (Å²) in [7, 11) is 0. The highest BCUT2D eigenvalue weighted by atomic mass is 15.3. The van der Waals surface area contributed by atoms with Crippen LogP contribution in [-0.4, -0.2) is 9.97 Å². The fourth-order valence-electron chi connectivity index (χ4n) is 0.626. The predicted octanol–water partition coefficient (Wildman–Crippen LogP) is -1.37. The van der Waals surface area contributed by atoms with E-state index in [1.54, 1.807) is 0 Å². The molecular weight excluding hydrogens is 146 g/mol. The lowest BCUT2D eigenvalue weighted by Crippen LogP contribution is -2.16. The summed E-state index contributed by atoms with van der Waals surface area (Å²) in [5.74, 6) is 10.9. The van der Waals surface area contributed by atoms with Gasteiger partial charge in [-0.05, 0) is 0 Å². The van der Waals surface area contributed by atoms with Gasteiger partial charge in [0.2, 0.25) is 0 Å². The zero-order valence-corrected chi connectivity index (χ0v) is 5.70. The molecule has 0 amide bonds. The van der Waals surface area contributed by atoms with Crippen LogP contribution in [0.1, 0.15) is 0 Å². The maximum absolute atomic E-state index is 5.49. The predicted molar refractivity (Wildman–Crippen MR) is 42.1 cm³/mol. The van der Waals surface area contributed by atoms with Crippen molar-refractivity contribution >= 4 is 17.3 Å². The van der Waals surface area contributed by atoms with E-state index in [1.165, 1.54) is 6.33 Å². The van der Waals surface area contributed by atoms with Crippen molar-refractivity contribution in [1.82, 2.24) is 9.97 Å². The molecule has 0 saturated heterocycles. The fourth-order valence-corrected chi connectivity index (χ4v) is 0.626. The molecule has 0 aromatic carbocycles. The molecular formula is C4H9N7. The smallest absolute Gasteiger partial charge is 0.168 e. The molecule has 0 aliphatic rings. The molecule has 0 radical (unpaired) electrons. The minimum absolute atomic E-state index is 0.289. The third kappa shape index (κ3) is 1.28. The normalized spacial score (nSPS) is 9.27. The lowest BCUT2D eigenvalue weighted by molar-refractivity contribution is 1.12. The second-order valence-corrected chi connectivity index (χ2v) is 1.77. The maximum Gasteiger partial charge on any atom is 0.168 e. The van der Waals surface area contributed by atoms with E-state index in [0.717, 1.165) is 0 Å². The maximum atomic E-state index is 5.49. The summed E-state index contributed by atoms with van der Waals surface area (Å²) in [5.41, 5.74) is 10.4. The van der Waals surface area contributed by atoms with Gasteiger partial charge in [-0.25, -0.2) is 21.7 Å². The molecule has 0 aliphatic carbocycles. The standard InChI is InChI=1S/C4H9N7/c5-2-3(10-6)8-1-9-4(2)11-7/h1H,5-7H2,(H2,8,9,10,11). The molecule has 8 N–H and O–H groups in total. The third-order valence-electron chi connectivity index (χ3n) is 1.16. The van der Waals surface area contributed by atoms with Crippen molar-refractivity contribution in [1.29, 1.82) is 0 Å². The Hall–Kier alpha value is -1.60. The molecule has 7 nitrogen and oxygen atoms in total. The van der Waals surface area contributed by atoms with Gasteiger partial charge >= 0.3 is 0 Å². The Kier molecular flexibility index (Phi) is 2.04. The fraction of sp³-hybridized carbons (Fsp3) is 0. The summed E-state index contributed by atoms with van der Waals surface area (Å²) in [5, 5.41) is 0. The van der Waals surface area contributed by atoms with E-state index in [0.29, 0.717) is 11.6 Å². The van der Waals surface area contributed by atoms with Gasteiger partial charge in [-0.15, -0.1) is 0 Å². The molecule has 1 aromatic heterocycles. The highest BCUT2D eigenvalue weighted by molar-refractivity contribution is 5.73. The number of nitrogens with one attached hydrogen (secondary N) is 2. The highest BCUT2D eigenvalue weighted by Gasteiger charge is 2.03. The van der Waals surface area contributed by atoms with Gasteiger partial charge in [0.05, 0.1) is 0 Å². The molecule has 0 saturated carbocycles. The molecule has 11 heavy (non-hydrogen) atoms. The van der Waals surface area contributed by atoms with E-state index in [9.17, 15) is 0 Å². The van der Waals surface area contributed by atoms with Crippen molar-refractivity contribution in [3.05, 3.63) is 6.33 Å². The van der Waals surface area contributed by atoms with Gasteiger partial charge < -0.3 is 16.6 Å². The second kappa shape index (κ2) is 2.99. The summed E-state index contributed by atoms with van der Waals surface area (Å²) in [6.45, 7) is 0. The van der Waals surface area contributed by atoms with Crippen LogP contribution in [-0.2, 0) is 0 Å². The Morgan fingerprint density at radius 1 is 1.09 bits per heavy atom. The van der Waals surface area contributed by atoms with Crippen LogP contribution in [0.15, 0.2) is 6.33 Å². The molecule has 7 heteroatoms. The number of rotatable bonds is 2. The van der Waals surface area contributed by atoms with Crippen LogP contribution in [0.25, 0.3) is 0 Å². The summed E-state index contributed by atoms with van der Waals surface area (Å²) < 4.78 is 0. The van der Waals surface area contributed by atoms with Gasteiger partial charge in [0.15, 0.2) is 11.6 Å². The summed E-state index contributed by atoms with van der Waals surface area (Å²) in [4.78, 5) is 7.48. The Morgan fingerprint density at radius 2 is 1.55 bits per heavy atom. The largest absolute Gasteiger partial charge is 0.393 e. The average molecular weight is 155 g/mol. The van der Waals surface area contributed by atoms with E-state index in [-0.39, 0.29) is 5.69 Å². The van der Waals surface area contributed by atoms with Crippen molar-refractivity contribution in [2.75, 3.05) is 16.6 Å². The van der Waals surface area contributed by atoms with E-state index in [1.807, 2.05) is 0 Å². The second-order valence-electron chi connectivity index (χ2n) is 1.77. The number of nitrogen functional groups attached to an aromatic ring is 3. The summed E-state index contributed by atoms with van der Waals surface area (Å²) in [6.07, 6.45) is 1.29. The summed E-state index contributed by atoms with van der Waals surface area (Å²) >= 11 is 0. The monoisotopic (exact) mass is 155 g/mol. The number of nitrogens with two attached hydrogens (primary N) is 3. The van der Waals surface area contributed by atoms with Gasteiger partial charge in [0.1, 0.15) is 12.0 Å². The lowest BCUT2D eigenvalue weighted by Gasteiger charge is -2.06. The van der Waals surface area contributed by atoms with E-state index in [2.05, 4.69) is 20.8 Å². The van der Waals surface area contributed by atoms with E-state index >= 15 is 0 Å². The minimum Gasteiger partial charge on any atom is -0.393 e. The number of anilines is 3. The quantitative estimate of drug-likeness (QED) is 0.263. The van der Waals surface area contributed by atoms with Gasteiger partial charge in [-0.2, -0.15) is 0 Å². The molecule has 0 unspecified atom stereocenters. The molecule has 0 aliphatic heterocycles. The van der Waals surface area contributed by atoms with E-state index in [4.69, 9.17) is 17.4 Å². The van der Waals surface area contributed by atoms with Crippen LogP contribution in [0, 0.1) is 0 Å². The van der Waals surface area contributed by atoms with Crippen LogP contribution >= 0.6 is 0 Å². The van der Waals surface area contributed by atoms with Crippen molar-refractivity contribution in [2.24, 2.45) is 11.7 Å². The number of hydrogen-bond acceptors (Lipinski definition) is 7. The van der Waals surface area contributed by atoms with Gasteiger partial charge in [-0.1, -0.05) is 0 Å². The molecule has 0 spiro atoms. The van der Waals surface area contributed by atoms with Gasteiger partial charge in [-0.3, -0.25) is 0 Å². The number of nitrogens with zero attached hydrogens (tertiary/aromatic N) is 2. The summed E-state index contributed by atoms with van der Waals surface area (Å²) in [6, 6.07) is 0. The molecule has 60 valence electrons. The first-order valence-corrected chi connectivity index (χ1v) is 2.83. The van der Waals surface area contributed by atoms with Crippen LogP contribution < -0.4 is 28.3 Å². The Labute approximate surface area is 62.9 Å². The van der Waals surface area contributed by atoms with Crippen LogP contribution in [0.3, 0.4) is 0 Å². The van der Waals surface area contributed by atoms with Crippen molar-refractivity contribution in [2.45, 2.75) is 0 Å². The Morgan fingerprint density at radius 3 is 1.91 bits per heavy atom. The molecule has 0 bridgehead atoms. The SMILES string of the molecule is NNc1ncnc(NN)c1N. The van der Waals surface area contributed by atoms with Crippen molar-refractivity contribution in [3.63, 3.8) is 0 Å². The number of hydrazine groups is 2.